The van der Waals surface area contributed by atoms with Crippen molar-refractivity contribution in [3.8, 4) is 5.75 Å². The molecule has 0 saturated carbocycles. The first-order chi connectivity index (χ1) is 10.9. The number of nitrogens with zero attached hydrogens (tertiary/aromatic N) is 1. The molecule has 5 heteroatoms. The third-order valence-electron chi connectivity index (χ3n) is 3.51. The molecule has 23 heavy (non-hydrogen) atoms. The van der Waals surface area contributed by atoms with Gasteiger partial charge in [-0.1, -0.05) is 38.1 Å². The molecule has 2 amide bonds. The van der Waals surface area contributed by atoms with Gasteiger partial charge in [0, 0.05) is 25.6 Å². The van der Waals surface area contributed by atoms with Gasteiger partial charge in [-0.3, -0.25) is 9.59 Å². The van der Waals surface area contributed by atoms with E-state index in [9.17, 15) is 9.59 Å². The van der Waals surface area contributed by atoms with Crippen LogP contribution in [-0.4, -0.2) is 36.4 Å². The number of hydrogen-bond donors (Lipinski definition) is 1. The fraction of sp³-hybridized carbons (Fsp3) is 0.444. The lowest BCUT2D eigenvalue weighted by Crippen LogP contribution is -2.50. The first kappa shape index (κ1) is 18.7. The third-order valence-corrected chi connectivity index (χ3v) is 3.51. The summed E-state index contributed by atoms with van der Waals surface area (Å²) in [5.41, 5.74) is 0.913. The van der Waals surface area contributed by atoms with E-state index in [1.807, 2.05) is 38.1 Å². The van der Waals surface area contributed by atoms with Crippen molar-refractivity contribution in [2.75, 3.05) is 13.7 Å². The molecule has 0 fully saturated rings. The Morgan fingerprint density at radius 2 is 2.00 bits per heavy atom. The molecule has 5 nitrogen and oxygen atoms in total. The number of para-hydroxylation sites is 1. The molecule has 0 aromatic heterocycles. The lowest BCUT2D eigenvalue weighted by atomic mass is 10.0. The summed E-state index contributed by atoms with van der Waals surface area (Å²) >= 11 is 0. The van der Waals surface area contributed by atoms with E-state index in [2.05, 4.69) is 11.9 Å². The van der Waals surface area contributed by atoms with Gasteiger partial charge in [-0.25, -0.2) is 0 Å². The molecular weight excluding hydrogens is 292 g/mol. The zero-order valence-electron chi connectivity index (χ0n) is 14.3. The van der Waals surface area contributed by atoms with E-state index in [0.717, 1.165) is 11.3 Å². The maximum absolute atomic E-state index is 12.8. The van der Waals surface area contributed by atoms with Crippen LogP contribution >= 0.6 is 0 Å². The largest absolute Gasteiger partial charge is 0.496 e. The fourth-order valence-electron chi connectivity index (χ4n) is 2.36. The zero-order chi connectivity index (χ0) is 17.4. The fourth-order valence-corrected chi connectivity index (χ4v) is 2.36. The van der Waals surface area contributed by atoms with Gasteiger partial charge in [0.2, 0.25) is 11.8 Å². The molecule has 0 heterocycles. The number of amides is 2. The number of benzene rings is 1. The summed E-state index contributed by atoms with van der Waals surface area (Å²) in [6.45, 7) is 9.76. The van der Waals surface area contributed by atoms with E-state index in [-0.39, 0.29) is 17.7 Å². The second-order valence-corrected chi connectivity index (χ2v) is 5.74. The maximum atomic E-state index is 12.8. The minimum Gasteiger partial charge on any atom is -0.496 e. The van der Waals surface area contributed by atoms with E-state index in [1.54, 1.807) is 18.1 Å². The van der Waals surface area contributed by atoms with Crippen LogP contribution in [0.4, 0.5) is 0 Å². The average molecular weight is 318 g/mol. The Morgan fingerprint density at radius 1 is 1.35 bits per heavy atom. The van der Waals surface area contributed by atoms with Crippen molar-refractivity contribution < 1.29 is 14.3 Å². The molecule has 0 radical (unpaired) electrons. The zero-order valence-corrected chi connectivity index (χ0v) is 14.3. The topological polar surface area (TPSA) is 58.6 Å². The summed E-state index contributed by atoms with van der Waals surface area (Å²) in [6.07, 6.45) is 1.68. The maximum Gasteiger partial charge on any atom is 0.245 e. The van der Waals surface area contributed by atoms with E-state index >= 15 is 0 Å². The number of carbonyl (C=O) groups is 2. The number of hydrogen-bond acceptors (Lipinski definition) is 3. The van der Waals surface area contributed by atoms with Gasteiger partial charge in [-0.05, 0) is 12.0 Å². The van der Waals surface area contributed by atoms with Crippen LogP contribution in [-0.2, 0) is 16.1 Å². The van der Waals surface area contributed by atoms with Crippen molar-refractivity contribution in [1.29, 1.82) is 0 Å². The Labute approximate surface area is 138 Å². The van der Waals surface area contributed by atoms with Crippen molar-refractivity contribution in [2.24, 2.45) is 5.92 Å². The van der Waals surface area contributed by atoms with Crippen molar-refractivity contribution in [2.45, 2.75) is 33.4 Å². The number of ether oxygens (including phenoxy) is 1. The summed E-state index contributed by atoms with van der Waals surface area (Å²) in [6, 6.07) is 7.02. The van der Waals surface area contributed by atoms with E-state index in [1.165, 1.54) is 6.92 Å². The lowest BCUT2D eigenvalue weighted by molar-refractivity contribution is -0.137. The Hall–Kier alpha value is -2.30. The summed E-state index contributed by atoms with van der Waals surface area (Å²) in [5.74, 6) is 0.389. The van der Waals surface area contributed by atoms with E-state index in [4.69, 9.17) is 4.74 Å². The number of nitrogens with one attached hydrogen (secondary N) is 1. The molecule has 0 aliphatic rings. The Kier molecular flexibility index (Phi) is 7.32. The smallest absolute Gasteiger partial charge is 0.245 e. The number of methoxy groups -OCH3 is 1. The van der Waals surface area contributed by atoms with E-state index in [0.29, 0.717) is 13.1 Å². The molecule has 126 valence electrons. The summed E-state index contributed by atoms with van der Waals surface area (Å²) in [4.78, 5) is 25.9. The van der Waals surface area contributed by atoms with Crippen LogP contribution in [0.5, 0.6) is 5.75 Å². The van der Waals surface area contributed by atoms with Crippen molar-refractivity contribution >= 4 is 11.8 Å². The molecule has 1 N–H and O–H groups in total. The summed E-state index contributed by atoms with van der Waals surface area (Å²) in [5, 5.41) is 2.74. The van der Waals surface area contributed by atoms with Gasteiger partial charge in [-0.15, -0.1) is 6.58 Å². The highest BCUT2D eigenvalue weighted by atomic mass is 16.5. The average Bonchev–Trinajstić information content (AvgIpc) is 2.51. The van der Waals surface area contributed by atoms with Crippen molar-refractivity contribution in [3.63, 3.8) is 0 Å². The van der Waals surface area contributed by atoms with Crippen LogP contribution in [0.15, 0.2) is 36.9 Å². The minimum absolute atomic E-state index is 0.00335. The van der Waals surface area contributed by atoms with Gasteiger partial charge < -0.3 is 15.0 Å². The predicted octanol–water partition coefficient (Wildman–Crippen LogP) is 2.37. The Bertz CT molecular complexity index is 555. The Morgan fingerprint density at radius 3 is 2.52 bits per heavy atom. The molecule has 1 aromatic rings. The highest BCUT2D eigenvalue weighted by Gasteiger charge is 2.27. The summed E-state index contributed by atoms with van der Waals surface area (Å²) in [7, 11) is 1.60. The molecule has 0 bridgehead atoms. The van der Waals surface area contributed by atoms with Gasteiger partial charge in [0.25, 0.3) is 0 Å². The van der Waals surface area contributed by atoms with Crippen molar-refractivity contribution in [1.82, 2.24) is 10.2 Å². The van der Waals surface area contributed by atoms with Crippen molar-refractivity contribution in [3.05, 3.63) is 42.5 Å². The van der Waals surface area contributed by atoms with Gasteiger partial charge in [-0.2, -0.15) is 0 Å². The predicted molar refractivity (Wildman–Crippen MR) is 91.1 cm³/mol. The second-order valence-electron chi connectivity index (χ2n) is 5.74. The standard InChI is InChI=1S/C18H26N2O3/c1-6-11-20(12-15-9-7-8-10-16(15)23-5)18(22)17(13(2)3)19-14(4)21/h6-10,13,17H,1,11-12H2,2-5H3,(H,19,21). The highest BCUT2D eigenvalue weighted by Crippen LogP contribution is 2.20. The van der Waals surface area contributed by atoms with Crippen LogP contribution in [0.1, 0.15) is 26.3 Å². The highest BCUT2D eigenvalue weighted by molar-refractivity contribution is 5.87. The van der Waals surface area contributed by atoms with Gasteiger partial charge >= 0.3 is 0 Å². The van der Waals surface area contributed by atoms with Gasteiger partial charge in [0.05, 0.1) is 7.11 Å². The first-order valence-electron chi connectivity index (χ1n) is 7.69. The quantitative estimate of drug-likeness (QED) is 0.749. The molecule has 1 aromatic carbocycles. The molecule has 1 rings (SSSR count). The monoisotopic (exact) mass is 318 g/mol. The molecule has 0 aliphatic carbocycles. The first-order valence-corrected chi connectivity index (χ1v) is 7.69. The minimum atomic E-state index is -0.554. The third kappa shape index (κ3) is 5.43. The molecule has 1 atom stereocenters. The second kappa shape index (κ2) is 8.98. The molecule has 0 spiro atoms. The number of carbonyl (C=O) groups excluding carboxylic acids is 2. The van der Waals surface area contributed by atoms with Crippen LogP contribution in [0.25, 0.3) is 0 Å². The van der Waals surface area contributed by atoms with E-state index < -0.39 is 6.04 Å². The van der Waals surface area contributed by atoms with Gasteiger partial charge in [0.1, 0.15) is 11.8 Å². The summed E-state index contributed by atoms with van der Waals surface area (Å²) < 4.78 is 5.34. The van der Waals surface area contributed by atoms with Crippen LogP contribution in [0.2, 0.25) is 0 Å². The lowest BCUT2D eigenvalue weighted by Gasteiger charge is -2.29. The molecular formula is C18H26N2O3. The normalized spacial score (nSPS) is 11.7. The molecule has 0 aliphatic heterocycles. The van der Waals surface area contributed by atoms with Crippen LogP contribution in [0.3, 0.4) is 0 Å². The van der Waals surface area contributed by atoms with Crippen LogP contribution < -0.4 is 10.1 Å². The molecule has 0 saturated heterocycles. The van der Waals surface area contributed by atoms with Crippen LogP contribution in [0, 0.1) is 5.92 Å². The molecule has 1 unspecified atom stereocenters. The van der Waals surface area contributed by atoms with Gasteiger partial charge in [0.15, 0.2) is 0 Å². The number of rotatable bonds is 8. The SMILES string of the molecule is C=CCN(Cc1ccccc1OC)C(=O)C(NC(C)=O)C(C)C. The Balaban J connectivity index is 3.01.